The molecule has 1 amide bonds. The highest BCUT2D eigenvalue weighted by Crippen LogP contribution is 2.22. The van der Waals surface area contributed by atoms with Crippen LogP contribution in [0.15, 0.2) is 28.7 Å². The van der Waals surface area contributed by atoms with Gasteiger partial charge in [-0.25, -0.2) is 0 Å². The summed E-state index contributed by atoms with van der Waals surface area (Å²) in [5.41, 5.74) is 0.752. The van der Waals surface area contributed by atoms with E-state index < -0.39 is 12.1 Å². The van der Waals surface area contributed by atoms with Gasteiger partial charge in [-0.15, -0.1) is 0 Å². The second-order valence-electron chi connectivity index (χ2n) is 3.92. The summed E-state index contributed by atoms with van der Waals surface area (Å²) in [6.45, 7) is 0.788. The molecule has 0 saturated carbocycles. The van der Waals surface area contributed by atoms with Crippen molar-refractivity contribution in [2.24, 2.45) is 0 Å². The number of benzene rings is 1. The number of aliphatic carboxylic acids is 1. The Kier molecular flexibility index (Phi) is 3.98. The van der Waals surface area contributed by atoms with Crippen LogP contribution in [0.5, 0.6) is 0 Å². The number of anilines is 1. The summed E-state index contributed by atoms with van der Waals surface area (Å²) in [4.78, 5) is 24.3. The Hall–Kier alpha value is -1.40. The van der Waals surface area contributed by atoms with Crippen molar-refractivity contribution in [3.63, 3.8) is 0 Å². The van der Waals surface area contributed by atoms with Crippen LogP contribution in [0.25, 0.3) is 0 Å². The fourth-order valence-electron chi connectivity index (χ4n) is 1.82. The highest BCUT2D eigenvalue weighted by molar-refractivity contribution is 9.10. The number of carbonyl (C=O) groups is 2. The van der Waals surface area contributed by atoms with Crippen LogP contribution in [0.1, 0.15) is 6.42 Å². The van der Waals surface area contributed by atoms with Crippen LogP contribution >= 0.6 is 15.9 Å². The standard InChI is InChI=1S/C12H12BrNO4/c13-8-1-3-9(4-2-8)14-5-6-18-10(12(14)17)7-11(15)16/h1-4,10H,5-7H2,(H,15,16). The van der Waals surface area contributed by atoms with Crippen LogP contribution in [0.2, 0.25) is 0 Å². The highest BCUT2D eigenvalue weighted by atomic mass is 79.9. The van der Waals surface area contributed by atoms with E-state index in [9.17, 15) is 9.59 Å². The minimum absolute atomic E-state index is 0.300. The number of amides is 1. The van der Waals surface area contributed by atoms with E-state index in [1.165, 1.54) is 0 Å². The molecule has 1 aliphatic rings. The Labute approximate surface area is 112 Å². The molecule has 96 valence electrons. The van der Waals surface area contributed by atoms with E-state index in [0.29, 0.717) is 13.2 Å². The Balaban J connectivity index is 2.15. The third kappa shape index (κ3) is 2.88. The predicted octanol–water partition coefficient (Wildman–Crippen LogP) is 1.66. The van der Waals surface area contributed by atoms with Crippen molar-refractivity contribution < 1.29 is 19.4 Å². The smallest absolute Gasteiger partial charge is 0.306 e. The number of halogens is 1. The maximum atomic E-state index is 12.1. The zero-order valence-corrected chi connectivity index (χ0v) is 11.1. The summed E-state index contributed by atoms with van der Waals surface area (Å²) in [5, 5.41) is 8.72. The molecule has 1 atom stereocenters. The van der Waals surface area contributed by atoms with Crippen molar-refractivity contribution in [2.45, 2.75) is 12.5 Å². The molecule has 1 fully saturated rings. The first-order chi connectivity index (χ1) is 8.58. The van der Waals surface area contributed by atoms with Gasteiger partial charge in [0.2, 0.25) is 0 Å². The molecule has 2 rings (SSSR count). The quantitative estimate of drug-likeness (QED) is 0.921. The Morgan fingerprint density at radius 1 is 1.44 bits per heavy atom. The van der Waals surface area contributed by atoms with E-state index in [0.717, 1.165) is 10.2 Å². The van der Waals surface area contributed by atoms with Gasteiger partial charge in [-0.3, -0.25) is 9.59 Å². The Morgan fingerprint density at radius 2 is 2.11 bits per heavy atom. The van der Waals surface area contributed by atoms with E-state index in [-0.39, 0.29) is 12.3 Å². The molecule has 1 unspecified atom stereocenters. The van der Waals surface area contributed by atoms with E-state index in [1.54, 1.807) is 4.90 Å². The molecule has 6 heteroatoms. The number of ether oxygens (including phenoxy) is 1. The minimum atomic E-state index is -1.04. The number of morpholine rings is 1. The predicted molar refractivity (Wildman–Crippen MR) is 68.5 cm³/mol. The average Bonchev–Trinajstić information content (AvgIpc) is 2.33. The topological polar surface area (TPSA) is 66.8 Å². The van der Waals surface area contributed by atoms with Gasteiger partial charge in [0.15, 0.2) is 0 Å². The highest BCUT2D eigenvalue weighted by Gasteiger charge is 2.32. The molecule has 1 aliphatic heterocycles. The molecular formula is C12H12BrNO4. The normalized spacial score (nSPS) is 19.9. The van der Waals surface area contributed by atoms with E-state index in [1.807, 2.05) is 24.3 Å². The molecular weight excluding hydrogens is 302 g/mol. The van der Waals surface area contributed by atoms with Crippen LogP contribution in [0.3, 0.4) is 0 Å². The Morgan fingerprint density at radius 3 is 2.72 bits per heavy atom. The third-order valence-corrected chi connectivity index (χ3v) is 3.20. The molecule has 1 saturated heterocycles. The second-order valence-corrected chi connectivity index (χ2v) is 4.84. The zero-order chi connectivity index (χ0) is 13.1. The molecule has 1 N–H and O–H groups in total. The average molecular weight is 314 g/mol. The largest absolute Gasteiger partial charge is 0.481 e. The maximum Gasteiger partial charge on any atom is 0.306 e. The summed E-state index contributed by atoms with van der Waals surface area (Å²) >= 11 is 3.32. The lowest BCUT2D eigenvalue weighted by molar-refractivity contribution is -0.147. The first-order valence-electron chi connectivity index (χ1n) is 5.48. The van der Waals surface area contributed by atoms with Gasteiger partial charge in [-0.1, -0.05) is 15.9 Å². The first-order valence-corrected chi connectivity index (χ1v) is 6.27. The monoisotopic (exact) mass is 313 g/mol. The molecule has 0 aliphatic carbocycles. The van der Waals surface area contributed by atoms with Crippen LogP contribution in [-0.4, -0.2) is 36.2 Å². The summed E-state index contributed by atoms with van der Waals surface area (Å²) in [5.74, 6) is -1.34. The van der Waals surface area contributed by atoms with Gasteiger partial charge in [-0.2, -0.15) is 0 Å². The van der Waals surface area contributed by atoms with Crippen molar-refractivity contribution in [3.8, 4) is 0 Å². The van der Waals surface area contributed by atoms with E-state index >= 15 is 0 Å². The summed E-state index contributed by atoms with van der Waals surface area (Å²) < 4.78 is 6.12. The molecule has 5 nitrogen and oxygen atoms in total. The van der Waals surface area contributed by atoms with Crippen LogP contribution in [0, 0.1) is 0 Å². The lowest BCUT2D eigenvalue weighted by Gasteiger charge is -2.31. The molecule has 0 aromatic heterocycles. The number of nitrogens with zero attached hydrogens (tertiary/aromatic N) is 1. The number of carbonyl (C=O) groups excluding carboxylic acids is 1. The van der Waals surface area contributed by atoms with Crippen molar-refractivity contribution in [3.05, 3.63) is 28.7 Å². The lowest BCUT2D eigenvalue weighted by atomic mass is 10.1. The zero-order valence-electron chi connectivity index (χ0n) is 9.51. The SMILES string of the molecule is O=C(O)CC1OCCN(c2ccc(Br)cc2)C1=O. The van der Waals surface area contributed by atoms with Gasteiger partial charge < -0.3 is 14.7 Å². The van der Waals surface area contributed by atoms with Crippen LogP contribution in [-0.2, 0) is 14.3 Å². The third-order valence-electron chi connectivity index (χ3n) is 2.67. The molecule has 0 radical (unpaired) electrons. The van der Waals surface area contributed by atoms with Crippen molar-refractivity contribution >= 4 is 33.5 Å². The molecule has 18 heavy (non-hydrogen) atoms. The van der Waals surface area contributed by atoms with Gasteiger partial charge in [-0.05, 0) is 24.3 Å². The van der Waals surface area contributed by atoms with Gasteiger partial charge in [0.05, 0.1) is 13.0 Å². The van der Waals surface area contributed by atoms with Crippen molar-refractivity contribution in [1.82, 2.24) is 0 Å². The van der Waals surface area contributed by atoms with Gasteiger partial charge in [0.1, 0.15) is 6.10 Å². The number of hydrogen-bond acceptors (Lipinski definition) is 3. The van der Waals surface area contributed by atoms with Crippen LogP contribution in [0.4, 0.5) is 5.69 Å². The molecule has 0 spiro atoms. The second kappa shape index (κ2) is 5.49. The van der Waals surface area contributed by atoms with Gasteiger partial charge in [0.25, 0.3) is 5.91 Å². The van der Waals surface area contributed by atoms with Gasteiger partial charge >= 0.3 is 5.97 Å². The van der Waals surface area contributed by atoms with E-state index in [4.69, 9.17) is 9.84 Å². The van der Waals surface area contributed by atoms with E-state index in [2.05, 4.69) is 15.9 Å². The van der Waals surface area contributed by atoms with Crippen LogP contribution < -0.4 is 4.90 Å². The maximum absolute atomic E-state index is 12.1. The van der Waals surface area contributed by atoms with Crippen molar-refractivity contribution in [2.75, 3.05) is 18.1 Å². The molecule has 1 heterocycles. The number of carboxylic acid groups (broad SMARTS) is 1. The summed E-state index contributed by atoms with van der Waals surface area (Å²) in [6, 6.07) is 7.30. The summed E-state index contributed by atoms with van der Waals surface area (Å²) in [6.07, 6.45) is -1.19. The minimum Gasteiger partial charge on any atom is -0.481 e. The number of carboxylic acids is 1. The lowest BCUT2D eigenvalue weighted by Crippen LogP contribution is -2.48. The molecule has 0 bridgehead atoms. The molecule has 1 aromatic carbocycles. The summed E-state index contributed by atoms with van der Waals surface area (Å²) in [7, 11) is 0. The van der Waals surface area contributed by atoms with Crippen molar-refractivity contribution in [1.29, 1.82) is 0 Å². The first kappa shape index (κ1) is 13.0. The fourth-order valence-corrected chi connectivity index (χ4v) is 2.09. The fraction of sp³-hybridized carbons (Fsp3) is 0.333. The van der Waals surface area contributed by atoms with Gasteiger partial charge in [0, 0.05) is 16.7 Å². The Bertz CT molecular complexity index is 460. The number of hydrogen-bond donors (Lipinski definition) is 1. The molecule has 1 aromatic rings. The number of rotatable bonds is 3.